The molecule has 0 unspecified atom stereocenters. The van der Waals surface area contributed by atoms with Gasteiger partial charge in [0.05, 0.1) is 12.2 Å². The smallest absolute Gasteiger partial charge is 0.242 e. The standard InChI is InChI=1S/C27H23F3N4O2/c28-21-2-6-24(7-3-21)34(25-8-4-22(29)5-9-25)17-27(35)33-13-11-23(12-14-33)32-36-18-19-1-10-26(30)20(15-19)16-31/h1-11,15,32H,12-14,17-18H2. The van der Waals surface area contributed by atoms with Crippen LogP contribution in [0.3, 0.4) is 0 Å². The normalized spacial score (nSPS) is 13.1. The van der Waals surface area contributed by atoms with Crippen molar-refractivity contribution in [2.75, 3.05) is 24.5 Å². The van der Waals surface area contributed by atoms with Gasteiger partial charge in [-0.3, -0.25) is 15.1 Å². The first-order valence-corrected chi connectivity index (χ1v) is 11.2. The molecule has 6 nitrogen and oxygen atoms in total. The van der Waals surface area contributed by atoms with Crippen LogP contribution in [0.4, 0.5) is 24.5 Å². The van der Waals surface area contributed by atoms with Gasteiger partial charge in [0.25, 0.3) is 0 Å². The molecule has 1 heterocycles. The number of nitrogens with zero attached hydrogens (tertiary/aromatic N) is 3. The van der Waals surface area contributed by atoms with E-state index >= 15 is 0 Å². The highest BCUT2D eigenvalue weighted by molar-refractivity contribution is 5.84. The SMILES string of the molecule is N#Cc1cc(CONC2=CCN(C(=O)CN(c3ccc(F)cc3)c3ccc(F)cc3)CC2)ccc1F. The van der Waals surface area contributed by atoms with Crippen LogP contribution in [0, 0.1) is 28.8 Å². The Morgan fingerprint density at radius 1 is 1.00 bits per heavy atom. The van der Waals surface area contributed by atoms with Crippen LogP contribution in [0.5, 0.6) is 0 Å². The molecule has 1 aliphatic rings. The van der Waals surface area contributed by atoms with Gasteiger partial charge in [-0.15, -0.1) is 0 Å². The number of amides is 1. The van der Waals surface area contributed by atoms with Crippen LogP contribution in [-0.2, 0) is 16.2 Å². The predicted octanol–water partition coefficient (Wildman–Crippen LogP) is 4.95. The molecule has 1 amide bonds. The summed E-state index contributed by atoms with van der Waals surface area (Å²) in [5, 5.41) is 8.93. The van der Waals surface area contributed by atoms with Gasteiger partial charge in [-0.05, 0) is 72.3 Å². The maximum Gasteiger partial charge on any atom is 0.242 e. The second-order valence-corrected chi connectivity index (χ2v) is 8.17. The summed E-state index contributed by atoms with van der Waals surface area (Å²) < 4.78 is 40.3. The van der Waals surface area contributed by atoms with Crippen molar-refractivity contribution in [2.45, 2.75) is 13.0 Å². The van der Waals surface area contributed by atoms with Crippen LogP contribution in [0.25, 0.3) is 0 Å². The summed E-state index contributed by atoms with van der Waals surface area (Å²) in [6.07, 6.45) is 2.37. The van der Waals surface area contributed by atoms with E-state index in [0.29, 0.717) is 36.4 Å². The third kappa shape index (κ3) is 6.23. The van der Waals surface area contributed by atoms with E-state index < -0.39 is 17.5 Å². The first-order chi connectivity index (χ1) is 17.4. The molecule has 9 heteroatoms. The van der Waals surface area contributed by atoms with Crippen LogP contribution in [-0.4, -0.2) is 30.4 Å². The molecule has 0 aromatic heterocycles. The molecular weight excluding hydrogens is 469 g/mol. The van der Waals surface area contributed by atoms with Crippen LogP contribution in [0.2, 0.25) is 0 Å². The molecule has 4 rings (SSSR count). The van der Waals surface area contributed by atoms with Crippen molar-refractivity contribution in [3.05, 3.63) is 107 Å². The first-order valence-electron chi connectivity index (χ1n) is 11.2. The second kappa shape index (κ2) is 11.4. The molecule has 0 aliphatic carbocycles. The monoisotopic (exact) mass is 492 g/mol. The van der Waals surface area contributed by atoms with E-state index in [0.717, 1.165) is 5.70 Å². The summed E-state index contributed by atoms with van der Waals surface area (Å²) in [6.45, 7) is 0.951. The number of anilines is 2. The number of nitrogens with one attached hydrogen (secondary N) is 1. The molecule has 36 heavy (non-hydrogen) atoms. The molecule has 0 fully saturated rings. The summed E-state index contributed by atoms with van der Waals surface area (Å²) in [5.74, 6) is -1.50. The molecule has 0 bridgehead atoms. The van der Waals surface area contributed by atoms with E-state index in [-0.39, 0.29) is 24.6 Å². The van der Waals surface area contributed by atoms with Gasteiger partial charge >= 0.3 is 0 Å². The molecule has 0 radical (unpaired) electrons. The number of nitriles is 1. The van der Waals surface area contributed by atoms with Gasteiger partial charge in [0.1, 0.15) is 30.1 Å². The molecule has 0 saturated carbocycles. The minimum atomic E-state index is -0.577. The number of benzene rings is 3. The third-order valence-electron chi connectivity index (χ3n) is 5.73. The van der Waals surface area contributed by atoms with E-state index in [4.69, 9.17) is 10.1 Å². The number of rotatable bonds is 8. The topological polar surface area (TPSA) is 68.6 Å². The summed E-state index contributed by atoms with van der Waals surface area (Å²) in [5.41, 5.74) is 5.48. The maximum atomic E-state index is 13.4. The Bertz CT molecular complexity index is 1240. The average molecular weight is 493 g/mol. The lowest BCUT2D eigenvalue weighted by molar-refractivity contribution is -0.129. The van der Waals surface area contributed by atoms with Crippen molar-refractivity contribution in [2.24, 2.45) is 0 Å². The van der Waals surface area contributed by atoms with Gasteiger partial charge in [0, 0.05) is 36.6 Å². The lowest BCUT2D eigenvalue weighted by Gasteiger charge is -2.31. The molecular formula is C27H23F3N4O2. The fourth-order valence-corrected chi connectivity index (χ4v) is 3.76. The minimum absolute atomic E-state index is 0.00381. The predicted molar refractivity (Wildman–Crippen MR) is 128 cm³/mol. The van der Waals surface area contributed by atoms with Crippen molar-refractivity contribution < 1.29 is 22.8 Å². The second-order valence-electron chi connectivity index (χ2n) is 8.17. The number of halogens is 3. The van der Waals surface area contributed by atoms with Crippen molar-refractivity contribution in [3.8, 4) is 6.07 Å². The van der Waals surface area contributed by atoms with Crippen molar-refractivity contribution in [1.29, 1.82) is 5.26 Å². The minimum Gasteiger partial charge on any atom is -0.337 e. The lowest BCUT2D eigenvalue weighted by atomic mass is 10.1. The van der Waals surface area contributed by atoms with E-state index in [1.807, 2.05) is 6.08 Å². The fourth-order valence-electron chi connectivity index (χ4n) is 3.76. The number of hydrogen-bond acceptors (Lipinski definition) is 5. The Morgan fingerprint density at radius 3 is 2.19 bits per heavy atom. The van der Waals surface area contributed by atoms with E-state index in [1.165, 1.54) is 36.4 Å². The van der Waals surface area contributed by atoms with Crippen molar-refractivity contribution in [3.63, 3.8) is 0 Å². The zero-order chi connectivity index (χ0) is 25.5. The Morgan fingerprint density at radius 2 is 1.64 bits per heavy atom. The zero-order valence-corrected chi connectivity index (χ0v) is 19.3. The largest absolute Gasteiger partial charge is 0.337 e. The highest BCUT2D eigenvalue weighted by Gasteiger charge is 2.21. The Kier molecular flexibility index (Phi) is 7.88. The van der Waals surface area contributed by atoms with Gasteiger partial charge in [-0.25, -0.2) is 13.2 Å². The molecule has 1 aliphatic heterocycles. The molecule has 184 valence electrons. The Balaban J connectivity index is 1.35. The summed E-state index contributed by atoms with van der Waals surface area (Å²) >= 11 is 0. The summed E-state index contributed by atoms with van der Waals surface area (Å²) in [7, 11) is 0. The molecule has 1 N–H and O–H groups in total. The van der Waals surface area contributed by atoms with Gasteiger partial charge < -0.3 is 9.80 Å². The molecule has 0 saturated heterocycles. The number of hydrogen-bond donors (Lipinski definition) is 1. The number of carbonyl (C=O) groups is 1. The molecule has 0 spiro atoms. The van der Waals surface area contributed by atoms with Crippen LogP contribution in [0.1, 0.15) is 17.5 Å². The van der Waals surface area contributed by atoms with Gasteiger partial charge in [0.15, 0.2) is 0 Å². The van der Waals surface area contributed by atoms with Gasteiger partial charge in [-0.1, -0.05) is 6.07 Å². The van der Waals surface area contributed by atoms with Crippen molar-refractivity contribution >= 4 is 17.3 Å². The quantitative estimate of drug-likeness (QED) is 0.451. The van der Waals surface area contributed by atoms with E-state index in [1.54, 1.807) is 46.2 Å². The highest BCUT2D eigenvalue weighted by atomic mass is 19.1. The van der Waals surface area contributed by atoms with E-state index in [2.05, 4.69) is 5.48 Å². The number of carbonyl (C=O) groups excluding carboxylic acids is 1. The molecule has 0 atom stereocenters. The highest BCUT2D eigenvalue weighted by Crippen LogP contribution is 2.26. The lowest BCUT2D eigenvalue weighted by Crippen LogP contribution is -2.42. The fraction of sp³-hybridized carbons (Fsp3) is 0.185. The average Bonchev–Trinajstić information content (AvgIpc) is 2.90. The van der Waals surface area contributed by atoms with Gasteiger partial charge in [-0.2, -0.15) is 5.26 Å². The molecule has 3 aromatic carbocycles. The Hall–Kier alpha value is -4.29. The third-order valence-corrected chi connectivity index (χ3v) is 5.73. The summed E-state index contributed by atoms with van der Waals surface area (Å²) in [4.78, 5) is 21.9. The number of hydroxylamine groups is 1. The van der Waals surface area contributed by atoms with Gasteiger partial charge in [0.2, 0.25) is 5.91 Å². The van der Waals surface area contributed by atoms with Crippen LogP contribution >= 0.6 is 0 Å². The van der Waals surface area contributed by atoms with Crippen molar-refractivity contribution in [1.82, 2.24) is 10.4 Å². The van der Waals surface area contributed by atoms with Crippen LogP contribution in [0.15, 0.2) is 78.5 Å². The molecule has 3 aromatic rings. The zero-order valence-electron chi connectivity index (χ0n) is 19.3. The van der Waals surface area contributed by atoms with E-state index in [9.17, 15) is 18.0 Å². The Labute approximate surface area is 206 Å². The summed E-state index contributed by atoms with van der Waals surface area (Å²) in [6, 6.07) is 17.5. The van der Waals surface area contributed by atoms with Crippen LogP contribution < -0.4 is 10.4 Å². The first kappa shape index (κ1) is 24.8. The maximum absolute atomic E-state index is 13.4.